The molecule has 0 N–H and O–H groups in total. The van der Waals surface area contributed by atoms with Gasteiger partial charge in [-0.05, 0) is 32.0 Å². The Balaban J connectivity index is 2.66. The van der Waals surface area contributed by atoms with Crippen molar-refractivity contribution in [1.29, 1.82) is 0 Å². The number of nitrogens with zero attached hydrogens (tertiary/aromatic N) is 1. The van der Waals surface area contributed by atoms with E-state index in [0.29, 0.717) is 0 Å². The Hall–Kier alpha value is -2.21. The largest absolute Gasteiger partial charge is 0.294 e. The standard InChI is InChI=1S/C15H15NO4S/c1-10-4-6-14(7-5-10)21(19,20)16-9-13(11(2)17)8-15(16)12(3)18/h4-9H,1-3H3. The summed E-state index contributed by atoms with van der Waals surface area (Å²) in [6, 6.07) is 7.60. The highest BCUT2D eigenvalue weighted by Crippen LogP contribution is 2.20. The number of Topliss-reactive ketones (excluding diaryl/α,β-unsaturated/α-hetero) is 2. The summed E-state index contributed by atoms with van der Waals surface area (Å²) in [6.45, 7) is 4.43. The van der Waals surface area contributed by atoms with Crippen LogP contribution in [0.3, 0.4) is 0 Å². The molecule has 0 bridgehead atoms. The Morgan fingerprint density at radius 1 is 1.00 bits per heavy atom. The van der Waals surface area contributed by atoms with E-state index in [1.165, 1.54) is 38.2 Å². The number of ketones is 2. The van der Waals surface area contributed by atoms with Crippen LogP contribution < -0.4 is 0 Å². The van der Waals surface area contributed by atoms with E-state index in [0.717, 1.165) is 9.54 Å². The zero-order chi connectivity index (χ0) is 15.8. The molecule has 0 radical (unpaired) electrons. The monoisotopic (exact) mass is 305 g/mol. The van der Waals surface area contributed by atoms with Crippen LogP contribution in [0.1, 0.15) is 40.3 Å². The van der Waals surface area contributed by atoms with Gasteiger partial charge in [-0.15, -0.1) is 0 Å². The van der Waals surface area contributed by atoms with Gasteiger partial charge in [0.1, 0.15) is 5.69 Å². The lowest BCUT2D eigenvalue weighted by atomic mass is 10.2. The van der Waals surface area contributed by atoms with Crippen LogP contribution >= 0.6 is 0 Å². The molecule has 5 nitrogen and oxygen atoms in total. The maximum absolute atomic E-state index is 12.6. The SMILES string of the molecule is CC(=O)c1cc(C(C)=O)n(S(=O)(=O)c2ccc(C)cc2)c1. The first kappa shape index (κ1) is 15.2. The third kappa shape index (κ3) is 2.80. The van der Waals surface area contributed by atoms with E-state index < -0.39 is 15.8 Å². The van der Waals surface area contributed by atoms with Crippen LogP contribution in [0.5, 0.6) is 0 Å². The Kier molecular flexibility index (Phi) is 3.82. The van der Waals surface area contributed by atoms with Gasteiger partial charge in [0.2, 0.25) is 0 Å². The number of hydrogen-bond acceptors (Lipinski definition) is 4. The Labute approximate surface area is 123 Å². The van der Waals surface area contributed by atoms with Crippen LogP contribution in [0.4, 0.5) is 0 Å². The minimum atomic E-state index is -3.90. The second kappa shape index (κ2) is 5.29. The molecule has 2 rings (SSSR count). The molecule has 21 heavy (non-hydrogen) atoms. The average molecular weight is 305 g/mol. The quantitative estimate of drug-likeness (QED) is 0.813. The molecular formula is C15H15NO4S. The normalized spacial score (nSPS) is 11.4. The van der Waals surface area contributed by atoms with Crippen molar-refractivity contribution < 1.29 is 18.0 Å². The van der Waals surface area contributed by atoms with Gasteiger partial charge in [0, 0.05) is 18.7 Å². The molecule has 1 aromatic carbocycles. The number of aryl methyl sites for hydroxylation is 1. The fourth-order valence-electron chi connectivity index (χ4n) is 1.92. The van der Waals surface area contributed by atoms with Gasteiger partial charge >= 0.3 is 0 Å². The molecule has 0 spiro atoms. The van der Waals surface area contributed by atoms with E-state index in [1.807, 2.05) is 6.92 Å². The highest BCUT2D eigenvalue weighted by Gasteiger charge is 2.23. The van der Waals surface area contributed by atoms with Gasteiger partial charge in [-0.25, -0.2) is 12.4 Å². The molecule has 0 aliphatic rings. The number of carbonyl (C=O) groups is 2. The van der Waals surface area contributed by atoms with Crippen LogP contribution in [0.15, 0.2) is 41.4 Å². The van der Waals surface area contributed by atoms with Crippen molar-refractivity contribution in [3.8, 4) is 0 Å². The van der Waals surface area contributed by atoms with Crippen LogP contribution in [0, 0.1) is 6.92 Å². The fraction of sp³-hybridized carbons (Fsp3) is 0.200. The molecule has 0 aliphatic carbocycles. The summed E-state index contributed by atoms with van der Waals surface area (Å²) in [5.74, 6) is -0.714. The number of aromatic nitrogens is 1. The molecule has 0 atom stereocenters. The highest BCUT2D eigenvalue weighted by atomic mass is 32.2. The van der Waals surface area contributed by atoms with E-state index in [1.54, 1.807) is 12.1 Å². The lowest BCUT2D eigenvalue weighted by molar-refractivity contribution is 0.100. The Bertz CT molecular complexity index is 814. The molecule has 0 saturated carbocycles. The van der Waals surface area contributed by atoms with E-state index in [9.17, 15) is 18.0 Å². The highest BCUT2D eigenvalue weighted by molar-refractivity contribution is 7.90. The second-order valence-corrected chi connectivity index (χ2v) is 6.66. The fourth-order valence-corrected chi connectivity index (χ4v) is 3.32. The van der Waals surface area contributed by atoms with Gasteiger partial charge in [0.25, 0.3) is 10.0 Å². The lowest BCUT2D eigenvalue weighted by Gasteiger charge is -2.08. The van der Waals surface area contributed by atoms with E-state index in [-0.39, 0.29) is 21.9 Å². The zero-order valence-corrected chi connectivity index (χ0v) is 12.8. The third-order valence-electron chi connectivity index (χ3n) is 3.13. The van der Waals surface area contributed by atoms with Gasteiger partial charge in [0.05, 0.1) is 4.90 Å². The van der Waals surface area contributed by atoms with Gasteiger partial charge in [0.15, 0.2) is 11.6 Å². The summed E-state index contributed by atoms with van der Waals surface area (Å²) in [7, 11) is -3.90. The lowest BCUT2D eigenvalue weighted by Crippen LogP contribution is -2.16. The van der Waals surface area contributed by atoms with Gasteiger partial charge in [-0.3, -0.25) is 9.59 Å². The van der Waals surface area contributed by atoms with Crippen molar-refractivity contribution in [2.24, 2.45) is 0 Å². The van der Waals surface area contributed by atoms with Crippen molar-refractivity contribution in [3.63, 3.8) is 0 Å². The van der Waals surface area contributed by atoms with E-state index >= 15 is 0 Å². The molecule has 1 heterocycles. The van der Waals surface area contributed by atoms with Crippen molar-refractivity contribution in [2.75, 3.05) is 0 Å². The van der Waals surface area contributed by atoms with Crippen molar-refractivity contribution in [1.82, 2.24) is 3.97 Å². The minimum Gasteiger partial charge on any atom is -0.294 e. The van der Waals surface area contributed by atoms with E-state index in [4.69, 9.17) is 0 Å². The van der Waals surface area contributed by atoms with Crippen LogP contribution in [0.25, 0.3) is 0 Å². The summed E-state index contributed by atoms with van der Waals surface area (Å²) < 4.78 is 26.1. The predicted octanol–water partition coefficient (Wildman–Crippen LogP) is 2.44. The topological polar surface area (TPSA) is 73.2 Å². The Morgan fingerprint density at radius 2 is 1.57 bits per heavy atom. The van der Waals surface area contributed by atoms with Gasteiger partial charge in [-0.2, -0.15) is 0 Å². The first-order chi connectivity index (χ1) is 9.73. The number of benzene rings is 1. The molecule has 0 fully saturated rings. The first-order valence-corrected chi connectivity index (χ1v) is 7.74. The van der Waals surface area contributed by atoms with Crippen molar-refractivity contribution in [2.45, 2.75) is 25.7 Å². The summed E-state index contributed by atoms with van der Waals surface area (Å²) in [4.78, 5) is 23.1. The minimum absolute atomic E-state index is 0.0271. The smallest absolute Gasteiger partial charge is 0.268 e. The second-order valence-electron chi connectivity index (χ2n) is 4.84. The van der Waals surface area contributed by atoms with Crippen LogP contribution in [-0.2, 0) is 10.0 Å². The molecule has 0 aliphatic heterocycles. The first-order valence-electron chi connectivity index (χ1n) is 6.30. The number of carbonyl (C=O) groups excluding carboxylic acids is 2. The zero-order valence-electron chi connectivity index (χ0n) is 12.0. The summed E-state index contributed by atoms with van der Waals surface area (Å²) >= 11 is 0. The molecule has 2 aromatic rings. The van der Waals surface area contributed by atoms with Crippen LogP contribution in [0.2, 0.25) is 0 Å². The molecule has 0 unspecified atom stereocenters. The summed E-state index contributed by atoms with van der Waals surface area (Å²) in [5, 5.41) is 0. The number of hydrogen-bond donors (Lipinski definition) is 0. The van der Waals surface area contributed by atoms with Gasteiger partial charge in [-0.1, -0.05) is 17.7 Å². The molecule has 0 amide bonds. The predicted molar refractivity (Wildman–Crippen MR) is 78.2 cm³/mol. The molecule has 110 valence electrons. The average Bonchev–Trinajstić information content (AvgIpc) is 2.85. The molecule has 1 aromatic heterocycles. The number of rotatable bonds is 4. The summed E-state index contributed by atoms with van der Waals surface area (Å²) in [6.07, 6.45) is 1.19. The third-order valence-corrected chi connectivity index (χ3v) is 4.82. The van der Waals surface area contributed by atoms with Gasteiger partial charge < -0.3 is 0 Å². The Morgan fingerprint density at radius 3 is 2.05 bits per heavy atom. The molecule has 0 saturated heterocycles. The van der Waals surface area contributed by atoms with Crippen molar-refractivity contribution in [3.05, 3.63) is 53.3 Å². The van der Waals surface area contributed by atoms with E-state index in [2.05, 4.69) is 0 Å². The van der Waals surface area contributed by atoms with Crippen molar-refractivity contribution >= 4 is 21.6 Å². The molecular weight excluding hydrogens is 290 g/mol. The van der Waals surface area contributed by atoms with Crippen LogP contribution in [-0.4, -0.2) is 24.0 Å². The summed E-state index contributed by atoms with van der Waals surface area (Å²) in [5.41, 5.74) is 1.09. The maximum atomic E-state index is 12.6. The maximum Gasteiger partial charge on any atom is 0.268 e. The molecule has 6 heteroatoms.